The lowest BCUT2D eigenvalue weighted by atomic mass is 9.69. The number of rotatable bonds is 3. The van der Waals surface area contributed by atoms with Gasteiger partial charge in [0.2, 0.25) is 11.8 Å². The molecule has 2 aliphatic heterocycles. The van der Waals surface area contributed by atoms with Crippen molar-refractivity contribution in [1.29, 1.82) is 0 Å². The third kappa shape index (κ3) is 3.03. The lowest BCUT2D eigenvalue weighted by molar-refractivity contribution is -0.125. The monoisotopic (exact) mass is 350 g/mol. The van der Waals surface area contributed by atoms with Crippen molar-refractivity contribution in [1.82, 2.24) is 10.6 Å². The van der Waals surface area contributed by atoms with Gasteiger partial charge in [0.05, 0.1) is 11.3 Å². The van der Waals surface area contributed by atoms with Crippen LogP contribution in [0.2, 0.25) is 0 Å². The first-order valence-corrected chi connectivity index (χ1v) is 10.4. The van der Waals surface area contributed by atoms with Gasteiger partial charge in [-0.05, 0) is 37.5 Å². The van der Waals surface area contributed by atoms with Crippen LogP contribution in [0.15, 0.2) is 0 Å². The van der Waals surface area contributed by atoms with E-state index in [1.165, 1.54) is 56.7 Å². The molecule has 2 bridgehead atoms. The zero-order valence-corrected chi connectivity index (χ0v) is 14.8. The Morgan fingerprint density at radius 1 is 0.958 bits per heavy atom. The fourth-order valence-corrected chi connectivity index (χ4v) is 6.38. The van der Waals surface area contributed by atoms with Gasteiger partial charge in [-0.1, -0.05) is 19.3 Å². The predicted octanol–water partition coefficient (Wildman–Crippen LogP) is 1.65. The van der Waals surface area contributed by atoms with Gasteiger partial charge < -0.3 is 5.32 Å². The van der Waals surface area contributed by atoms with Crippen molar-refractivity contribution in [2.75, 3.05) is 5.75 Å². The second kappa shape index (κ2) is 6.79. The maximum absolute atomic E-state index is 13.0. The van der Waals surface area contributed by atoms with E-state index < -0.39 is 0 Å². The van der Waals surface area contributed by atoms with Gasteiger partial charge >= 0.3 is 0 Å². The molecule has 5 unspecified atom stereocenters. The van der Waals surface area contributed by atoms with Crippen molar-refractivity contribution < 1.29 is 14.4 Å². The Hall–Kier alpha value is -0.880. The molecule has 6 atom stereocenters. The molecule has 2 N–H and O–H groups in total. The lowest BCUT2D eigenvalue weighted by Gasteiger charge is -2.37. The first-order valence-electron chi connectivity index (χ1n) is 9.38. The number of imide groups is 1. The van der Waals surface area contributed by atoms with E-state index in [1.54, 1.807) is 0 Å². The van der Waals surface area contributed by atoms with Gasteiger partial charge in [-0.2, -0.15) is 0 Å². The highest BCUT2D eigenvalue weighted by atomic mass is 32.2. The highest BCUT2D eigenvalue weighted by Crippen LogP contribution is 2.44. The molecule has 4 aliphatic rings. The minimum absolute atomic E-state index is 0.143. The maximum atomic E-state index is 13.0. The number of Topliss-reactive ketones (excluding diaryl/α,β-unsaturated/α-hetero) is 1. The van der Waals surface area contributed by atoms with Crippen LogP contribution in [0.5, 0.6) is 0 Å². The summed E-state index contributed by atoms with van der Waals surface area (Å²) >= 11 is 1.46. The minimum Gasteiger partial charge on any atom is -0.303 e. The molecule has 0 aromatic heterocycles. The van der Waals surface area contributed by atoms with Crippen molar-refractivity contribution >= 4 is 29.4 Å². The number of amides is 2. The molecule has 5 nitrogen and oxygen atoms in total. The Kier molecular flexibility index (Phi) is 4.69. The smallest absolute Gasteiger partial charge is 0.240 e. The van der Waals surface area contributed by atoms with Gasteiger partial charge in [-0.25, -0.2) is 0 Å². The lowest BCUT2D eigenvalue weighted by Crippen LogP contribution is -2.43. The second-order valence-corrected chi connectivity index (χ2v) is 9.08. The van der Waals surface area contributed by atoms with Crippen molar-refractivity contribution in [3.63, 3.8) is 0 Å². The summed E-state index contributed by atoms with van der Waals surface area (Å²) in [4.78, 5) is 36.0. The largest absolute Gasteiger partial charge is 0.303 e. The highest BCUT2D eigenvalue weighted by molar-refractivity contribution is 8.00. The topological polar surface area (TPSA) is 75.3 Å². The Morgan fingerprint density at radius 2 is 1.71 bits per heavy atom. The van der Waals surface area contributed by atoms with Crippen LogP contribution in [0.3, 0.4) is 0 Å². The number of thioether (sulfide) groups is 1. The van der Waals surface area contributed by atoms with Crippen molar-refractivity contribution in [2.45, 2.75) is 68.7 Å². The maximum Gasteiger partial charge on any atom is 0.240 e. The molecule has 2 saturated heterocycles. The van der Waals surface area contributed by atoms with Gasteiger partial charge in [0.25, 0.3) is 0 Å². The molecule has 0 aromatic carbocycles. The van der Waals surface area contributed by atoms with Crippen LogP contribution in [0, 0.1) is 17.8 Å². The first-order chi connectivity index (χ1) is 11.6. The van der Waals surface area contributed by atoms with Gasteiger partial charge in [0.1, 0.15) is 0 Å². The fourth-order valence-electron chi connectivity index (χ4n) is 5.21. The number of carbonyl (C=O) groups is 3. The minimum atomic E-state index is -0.319. The number of ketones is 1. The number of hydrogen-bond donors (Lipinski definition) is 2. The SMILES string of the molecule is O=C1CC(SC[C@@H]2NC3C4CCCCCC(CC4)C3C2=O)C(=O)N1. The highest BCUT2D eigenvalue weighted by Gasteiger charge is 2.50. The second-order valence-electron chi connectivity index (χ2n) is 7.85. The third-order valence-electron chi connectivity index (χ3n) is 6.42. The molecular formula is C18H26N2O3S. The van der Waals surface area contributed by atoms with Gasteiger partial charge in [0.15, 0.2) is 5.78 Å². The molecule has 4 fully saturated rings. The van der Waals surface area contributed by atoms with Crippen LogP contribution >= 0.6 is 11.8 Å². The zero-order chi connectivity index (χ0) is 16.7. The Bertz CT molecular complexity index is 548. The molecular weight excluding hydrogens is 324 g/mol. The first kappa shape index (κ1) is 16.6. The van der Waals surface area contributed by atoms with Crippen LogP contribution in [0.25, 0.3) is 0 Å². The summed E-state index contributed by atoms with van der Waals surface area (Å²) in [5.74, 6) is 1.96. The van der Waals surface area contributed by atoms with Crippen molar-refractivity contribution in [2.24, 2.45) is 17.8 Å². The van der Waals surface area contributed by atoms with Crippen molar-refractivity contribution in [3.05, 3.63) is 0 Å². The summed E-state index contributed by atoms with van der Waals surface area (Å²) in [6.07, 6.45) is 9.02. The van der Waals surface area contributed by atoms with E-state index in [0.717, 1.165) is 0 Å². The average Bonchev–Trinajstić information content (AvgIpc) is 3.10. The van der Waals surface area contributed by atoms with E-state index in [4.69, 9.17) is 0 Å². The van der Waals surface area contributed by atoms with Crippen molar-refractivity contribution in [3.8, 4) is 0 Å². The average molecular weight is 350 g/mol. The quantitative estimate of drug-likeness (QED) is 0.757. The molecule has 2 heterocycles. The molecule has 0 spiro atoms. The summed E-state index contributed by atoms with van der Waals surface area (Å²) in [5, 5.41) is 5.66. The summed E-state index contributed by atoms with van der Waals surface area (Å²) in [7, 11) is 0. The van der Waals surface area contributed by atoms with E-state index >= 15 is 0 Å². The van der Waals surface area contributed by atoms with Crippen LogP contribution in [0.1, 0.15) is 51.4 Å². The van der Waals surface area contributed by atoms with Gasteiger partial charge in [-0.15, -0.1) is 11.8 Å². The zero-order valence-electron chi connectivity index (χ0n) is 14.0. The molecule has 6 heteroatoms. The summed E-state index contributed by atoms with van der Waals surface area (Å²) in [6.45, 7) is 0. The molecule has 0 aromatic rings. The number of nitrogens with one attached hydrogen (secondary N) is 2. The van der Waals surface area contributed by atoms with Crippen LogP contribution in [-0.4, -0.2) is 40.7 Å². The Balaban J connectivity index is 1.43. The standard InChI is InChI=1S/C18H26N2O3S/c21-14-8-13(18(23)20-14)24-9-12-17(22)15-10-4-2-1-3-5-11(7-6-10)16(15)19-12/h10-13,15-16,19H,1-9H2,(H,20,21,23)/t10?,11?,12-,13?,15?,16?/m0/s1. The number of hydrogen-bond acceptors (Lipinski definition) is 5. The molecule has 132 valence electrons. The summed E-state index contributed by atoms with van der Waals surface area (Å²) in [5.41, 5.74) is 0. The normalized spacial score (nSPS) is 42.4. The molecule has 4 rings (SSSR count). The van der Waals surface area contributed by atoms with Gasteiger partial charge in [-0.3, -0.25) is 19.7 Å². The predicted molar refractivity (Wildman–Crippen MR) is 92.5 cm³/mol. The fraction of sp³-hybridized carbons (Fsp3) is 0.833. The molecule has 2 saturated carbocycles. The van der Waals surface area contributed by atoms with Crippen LogP contribution in [-0.2, 0) is 14.4 Å². The van der Waals surface area contributed by atoms with E-state index in [9.17, 15) is 14.4 Å². The molecule has 0 radical (unpaired) electrons. The summed E-state index contributed by atoms with van der Waals surface area (Å²) < 4.78 is 0. The Labute approximate surface area is 147 Å². The van der Waals surface area contributed by atoms with Gasteiger partial charge in [0, 0.05) is 24.1 Å². The van der Waals surface area contributed by atoms with E-state index in [-0.39, 0.29) is 35.4 Å². The van der Waals surface area contributed by atoms with E-state index in [2.05, 4.69) is 10.6 Å². The molecule has 24 heavy (non-hydrogen) atoms. The molecule has 2 aliphatic carbocycles. The Morgan fingerprint density at radius 3 is 2.46 bits per heavy atom. The summed E-state index contributed by atoms with van der Waals surface area (Å²) in [6, 6.07) is 0.204. The van der Waals surface area contributed by atoms with Crippen LogP contribution in [0.4, 0.5) is 0 Å². The number of carbonyl (C=O) groups excluding carboxylic acids is 3. The van der Waals surface area contributed by atoms with E-state index in [0.29, 0.717) is 29.4 Å². The third-order valence-corrected chi connectivity index (χ3v) is 7.73. The molecule has 2 amide bonds. The van der Waals surface area contributed by atoms with E-state index in [1.807, 2.05) is 0 Å². The van der Waals surface area contributed by atoms with Crippen LogP contribution < -0.4 is 10.6 Å².